The van der Waals surface area contributed by atoms with Crippen LogP contribution in [0.1, 0.15) is 6.42 Å². The zero-order valence-electron chi connectivity index (χ0n) is 8.72. The lowest BCUT2D eigenvalue weighted by Crippen LogP contribution is -2.41. The molecular formula is C10H14O6. The zero-order valence-corrected chi connectivity index (χ0v) is 8.72. The lowest BCUT2D eigenvalue weighted by atomic mass is 9.86. The van der Waals surface area contributed by atoms with Crippen LogP contribution in [0.25, 0.3) is 0 Å². The fourth-order valence-electron chi connectivity index (χ4n) is 1.07. The van der Waals surface area contributed by atoms with Gasteiger partial charge in [0.15, 0.2) is 0 Å². The van der Waals surface area contributed by atoms with Gasteiger partial charge in [0.25, 0.3) is 0 Å². The maximum absolute atomic E-state index is 11.1. The Kier molecular flexibility index (Phi) is 5.69. The molecule has 0 atom stereocenters. The number of hydrogen-bond donors (Lipinski definition) is 2. The number of carboxylic acids is 2. The minimum Gasteiger partial charge on any atom is -0.500 e. The van der Waals surface area contributed by atoms with Crippen LogP contribution in [0, 0.1) is 5.41 Å². The third-order valence-corrected chi connectivity index (χ3v) is 1.90. The molecule has 6 nitrogen and oxygen atoms in total. The Morgan fingerprint density at radius 3 is 1.81 bits per heavy atom. The normalized spacial score (nSPS) is 10.2. The quantitative estimate of drug-likeness (QED) is 0.570. The van der Waals surface area contributed by atoms with Crippen molar-refractivity contribution in [3.05, 3.63) is 25.7 Å². The maximum atomic E-state index is 11.1. The van der Waals surface area contributed by atoms with Crippen molar-refractivity contribution < 1.29 is 29.3 Å². The molecule has 0 unspecified atom stereocenters. The molecule has 2 N–H and O–H groups in total. The van der Waals surface area contributed by atoms with Crippen LogP contribution in [0.15, 0.2) is 25.7 Å². The molecule has 6 heteroatoms. The fourth-order valence-corrected chi connectivity index (χ4v) is 1.07. The fraction of sp³-hybridized carbons (Fsp3) is 0.400. The van der Waals surface area contributed by atoms with Gasteiger partial charge in [-0.1, -0.05) is 13.2 Å². The van der Waals surface area contributed by atoms with E-state index in [0.717, 1.165) is 12.5 Å². The van der Waals surface area contributed by atoms with E-state index in [-0.39, 0.29) is 13.2 Å². The third kappa shape index (κ3) is 4.04. The van der Waals surface area contributed by atoms with E-state index in [0.29, 0.717) is 0 Å². The summed E-state index contributed by atoms with van der Waals surface area (Å²) in [5, 5.41) is 17.7. The first kappa shape index (κ1) is 14.0. The highest BCUT2D eigenvalue weighted by atomic mass is 16.5. The van der Waals surface area contributed by atoms with Crippen LogP contribution in [-0.2, 0) is 19.1 Å². The van der Waals surface area contributed by atoms with E-state index in [1.807, 2.05) is 0 Å². The van der Waals surface area contributed by atoms with Gasteiger partial charge in [0.1, 0.15) is 18.6 Å². The van der Waals surface area contributed by atoms with E-state index in [1.165, 1.54) is 0 Å². The van der Waals surface area contributed by atoms with Crippen LogP contribution in [0.2, 0.25) is 0 Å². The summed E-state index contributed by atoms with van der Waals surface area (Å²) in [7, 11) is 0. The van der Waals surface area contributed by atoms with Crippen LogP contribution in [0.5, 0.6) is 0 Å². The van der Waals surface area contributed by atoms with Gasteiger partial charge in [-0.25, -0.2) is 0 Å². The van der Waals surface area contributed by atoms with E-state index in [2.05, 4.69) is 13.2 Å². The second-order valence-electron chi connectivity index (χ2n) is 3.11. The number of carbonyl (C=O) groups is 2. The molecule has 16 heavy (non-hydrogen) atoms. The van der Waals surface area contributed by atoms with E-state index in [4.69, 9.17) is 19.7 Å². The van der Waals surface area contributed by atoms with Crippen molar-refractivity contribution in [2.75, 3.05) is 13.2 Å². The van der Waals surface area contributed by atoms with Crippen LogP contribution >= 0.6 is 0 Å². The third-order valence-electron chi connectivity index (χ3n) is 1.90. The Bertz CT molecular complexity index is 271. The molecule has 0 amide bonds. The van der Waals surface area contributed by atoms with Crippen molar-refractivity contribution >= 4 is 11.9 Å². The van der Waals surface area contributed by atoms with Crippen LogP contribution < -0.4 is 0 Å². The number of carboxylic acid groups (broad SMARTS) is 2. The van der Waals surface area contributed by atoms with E-state index >= 15 is 0 Å². The van der Waals surface area contributed by atoms with Gasteiger partial charge in [-0.3, -0.25) is 9.59 Å². The Balaban J connectivity index is 4.86. The van der Waals surface area contributed by atoms with Crippen molar-refractivity contribution in [2.24, 2.45) is 5.41 Å². The summed E-state index contributed by atoms with van der Waals surface area (Å²) in [6.45, 7) is 5.86. The lowest BCUT2D eigenvalue weighted by Gasteiger charge is -2.26. The molecule has 0 saturated heterocycles. The molecule has 0 heterocycles. The Hall–Kier alpha value is -1.98. The summed E-state index contributed by atoms with van der Waals surface area (Å²) in [5.74, 6) is -2.55. The van der Waals surface area contributed by atoms with Gasteiger partial charge in [-0.15, -0.1) is 0 Å². The van der Waals surface area contributed by atoms with Crippen molar-refractivity contribution in [3.63, 3.8) is 0 Å². The molecule has 90 valence electrons. The molecule has 0 aliphatic rings. The summed E-state index contributed by atoms with van der Waals surface area (Å²) < 4.78 is 9.53. The number of ether oxygens (including phenoxy) is 2. The average Bonchev–Trinajstić information content (AvgIpc) is 2.21. The molecule has 0 aliphatic heterocycles. The Morgan fingerprint density at radius 1 is 1.12 bits per heavy atom. The van der Waals surface area contributed by atoms with Gasteiger partial charge in [0.2, 0.25) is 0 Å². The van der Waals surface area contributed by atoms with E-state index in [1.54, 1.807) is 0 Å². The van der Waals surface area contributed by atoms with Crippen molar-refractivity contribution in [1.82, 2.24) is 0 Å². The SMILES string of the molecule is C=COCC(COC=C)(CC(=O)O)C(=O)O. The molecule has 0 aromatic rings. The van der Waals surface area contributed by atoms with Gasteiger partial charge >= 0.3 is 11.9 Å². The standard InChI is InChI=1S/C10H14O6/c1-3-15-6-10(9(13)14,5-8(11)12)7-16-4-2/h3-4H,1-2,5-7H2,(H,11,12)(H,13,14). The summed E-state index contributed by atoms with van der Waals surface area (Å²) >= 11 is 0. The number of aliphatic carboxylic acids is 2. The van der Waals surface area contributed by atoms with Crippen LogP contribution in [-0.4, -0.2) is 35.4 Å². The molecule has 0 aliphatic carbocycles. The number of rotatable bonds is 9. The van der Waals surface area contributed by atoms with Gasteiger partial charge in [0.05, 0.1) is 18.9 Å². The first-order chi connectivity index (χ1) is 7.48. The summed E-state index contributed by atoms with van der Waals surface area (Å²) in [6, 6.07) is 0. The molecule has 0 saturated carbocycles. The highest BCUT2D eigenvalue weighted by Crippen LogP contribution is 2.24. The Labute approximate surface area is 92.8 Å². The Morgan fingerprint density at radius 2 is 1.56 bits per heavy atom. The monoisotopic (exact) mass is 230 g/mol. The molecule has 0 spiro atoms. The van der Waals surface area contributed by atoms with Crippen molar-refractivity contribution in [3.8, 4) is 0 Å². The summed E-state index contributed by atoms with van der Waals surface area (Å²) in [5.41, 5.74) is -1.64. The molecule has 0 radical (unpaired) electrons. The van der Waals surface area contributed by atoms with Gasteiger partial charge < -0.3 is 19.7 Å². The highest BCUT2D eigenvalue weighted by molar-refractivity contribution is 5.81. The molecule has 0 aromatic heterocycles. The summed E-state index contributed by atoms with van der Waals surface area (Å²) in [4.78, 5) is 21.7. The molecule has 0 aromatic carbocycles. The minimum atomic E-state index is -1.64. The first-order valence-corrected chi connectivity index (χ1v) is 4.38. The van der Waals surface area contributed by atoms with Gasteiger partial charge in [-0.2, -0.15) is 0 Å². The molecule has 0 fully saturated rings. The predicted molar refractivity (Wildman–Crippen MR) is 54.6 cm³/mol. The topological polar surface area (TPSA) is 93.1 Å². The van der Waals surface area contributed by atoms with Crippen molar-refractivity contribution in [1.29, 1.82) is 0 Å². The van der Waals surface area contributed by atoms with Crippen molar-refractivity contribution in [2.45, 2.75) is 6.42 Å². The molecular weight excluding hydrogens is 216 g/mol. The molecule has 0 rings (SSSR count). The zero-order chi connectivity index (χ0) is 12.6. The first-order valence-electron chi connectivity index (χ1n) is 4.38. The summed E-state index contributed by atoms with van der Waals surface area (Å²) in [6.07, 6.45) is 1.49. The van der Waals surface area contributed by atoms with E-state index in [9.17, 15) is 9.59 Å². The van der Waals surface area contributed by atoms with Crippen LogP contribution in [0.3, 0.4) is 0 Å². The number of hydrogen-bond acceptors (Lipinski definition) is 4. The molecule has 0 bridgehead atoms. The lowest BCUT2D eigenvalue weighted by molar-refractivity contribution is -0.162. The van der Waals surface area contributed by atoms with Gasteiger partial charge in [-0.05, 0) is 0 Å². The van der Waals surface area contributed by atoms with Gasteiger partial charge in [0, 0.05) is 0 Å². The second kappa shape index (κ2) is 6.49. The van der Waals surface area contributed by atoms with E-state index < -0.39 is 23.8 Å². The smallest absolute Gasteiger partial charge is 0.317 e. The maximum Gasteiger partial charge on any atom is 0.317 e. The largest absolute Gasteiger partial charge is 0.500 e. The average molecular weight is 230 g/mol. The minimum absolute atomic E-state index is 0.327. The van der Waals surface area contributed by atoms with Crippen LogP contribution in [0.4, 0.5) is 0 Å². The highest BCUT2D eigenvalue weighted by Gasteiger charge is 2.42. The predicted octanol–water partition coefficient (Wildman–Crippen LogP) is 0.852. The second-order valence-corrected chi connectivity index (χ2v) is 3.11.